The molecule has 9 nitrogen and oxygen atoms in total. The van der Waals surface area contributed by atoms with Crippen molar-refractivity contribution in [2.75, 3.05) is 18.8 Å². The van der Waals surface area contributed by atoms with E-state index in [9.17, 15) is 23.1 Å². The van der Waals surface area contributed by atoms with Gasteiger partial charge in [-0.15, -0.1) is 0 Å². The minimum atomic E-state index is -4.70. The van der Waals surface area contributed by atoms with Crippen LogP contribution in [0.1, 0.15) is 167 Å². The van der Waals surface area contributed by atoms with Gasteiger partial charge in [0.25, 0.3) is 0 Å². The average molecular weight is 811 g/mol. The van der Waals surface area contributed by atoms with E-state index in [0.717, 1.165) is 69.5 Å². The van der Waals surface area contributed by atoms with E-state index in [1.165, 1.54) is 83.1 Å². The monoisotopic (exact) mass is 810 g/mol. The van der Waals surface area contributed by atoms with Crippen molar-refractivity contribution in [2.24, 2.45) is 5.92 Å². The highest BCUT2D eigenvalue weighted by molar-refractivity contribution is 7.73. The Balaban J connectivity index is 0.00000203. The molecule has 0 bridgehead atoms. The second-order valence-corrected chi connectivity index (χ2v) is 15.5. The molecular weight excluding hydrogens is 746 g/mol. The number of anilines is 1. The molecular formula is C43H65F3N2O7S-2. The molecule has 0 saturated carbocycles. The number of fused-ring (bicyclic) bond motifs is 2. The van der Waals surface area contributed by atoms with Crippen LogP contribution in [0.15, 0.2) is 34.7 Å². The molecule has 0 radical (unpaired) electrons. The standard InChI is InChI=1S/C43H65F3N2O3.H2O4S/c1-4-7-10-11-12-13-14-15-16-17-18-19-20-21-22-23-24-33(42(49)50)29-37-36-26-25-35(48(27-8-5-2)28-9-6-3)32-39(36)51-40-31-34(47)30-38(41(37)40)43(44,45)46;1-4-5(2)3/h25-26,30-33,47H,4-24,27-29H2,1-3H3,(H,49,50);1H,(H,2,3)/p-2. The van der Waals surface area contributed by atoms with Crippen LogP contribution >= 0.6 is 0 Å². The Morgan fingerprint density at radius 2 is 1.29 bits per heavy atom. The number of hydrogen-bond donors (Lipinski definition) is 1. The van der Waals surface area contributed by atoms with Gasteiger partial charge in [0.05, 0.1) is 23.0 Å². The third-order valence-electron chi connectivity index (χ3n) is 10.4. The number of benzene rings is 2. The van der Waals surface area contributed by atoms with Crippen LogP contribution < -0.4 is 26.0 Å². The molecule has 318 valence electrons. The van der Waals surface area contributed by atoms with Crippen molar-refractivity contribution >= 4 is 34.0 Å². The molecule has 13 heteroatoms. The van der Waals surface area contributed by atoms with E-state index >= 15 is 0 Å². The van der Waals surface area contributed by atoms with E-state index in [1.54, 1.807) is 6.07 Å². The van der Waals surface area contributed by atoms with Gasteiger partial charge in [-0.05, 0) is 30.5 Å². The summed E-state index contributed by atoms with van der Waals surface area (Å²) in [6.45, 7) is 8.26. The van der Waals surface area contributed by atoms with Gasteiger partial charge in [-0.25, -0.2) is 8.78 Å². The topological polar surface area (TPSA) is 155 Å². The summed E-state index contributed by atoms with van der Waals surface area (Å²) in [4.78, 5) is 12.5. The Bertz CT molecular complexity index is 1620. The SMILES string of the molecule is CCCCCCCCCCCCCCCCCCC(Cc1c2ccc(=[N+](CCCC)CCCC)cc-2oc2cc(N)cc(C(F)(F)F)c12)C(=O)[O-].O=S([O-])O[O-]. The zero-order chi connectivity index (χ0) is 41.3. The van der Waals surface area contributed by atoms with Crippen molar-refractivity contribution in [3.8, 4) is 11.3 Å². The Hall–Kier alpha value is -3.00. The maximum atomic E-state index is 14.5. The molecule has 1 aromatic rings. The van der Waals surface area contributed by atoms with Gasteiger partial charge in [0.15, 0.2) is 0 Å². The number of alkyl halides is 3. The van der Waals surface area contributed by atoms with Crippen LogP contribution in [0, 0.1) is 5.92 Å². The molecule has 0 saturated heterocycles. The molecule has 0 amide bonds. The van der Waals surface area contributed by atoms with E-state index in [2.05, 4.69) is 29.7 Å². The van der Waals surface area contributed by atoms with Crippen molar-refractivity contribution < 1.29 is 45.8 Å². The zero-order valence-corrected chi connectivity index (χ0v) is 34.7. The molecule has 1 aromatic carbocycles. The van der Waals surface area contributed by atoms with Gasteiger partial charge in [0.1, 0.15) is 24.4 Å². The van der Waals surface area contributed by atoms with Crippen LogP contribution in [-0.2, 0) is 33.1 Å². The predicted octanol–water partition coefficient (Wildman–Crippen LogP) is 9.14. The zero-order valence-electron chi connectivity index (χ0n) is 33.9. The number of carboxylic acid groups (broad SMARTS) is 1. The summed E-state index contributed by atoms with van der Waals surface area (Å²) in [5.74, 6) is -1.73. The third-order valence-corrected chi connectivity index (χ3v) is 10.5. The number of nitrogens with zero attached hydrogens (tertiary/aromatic N) is 1. The van der Waals surface area contributed by atoms with Crippen molar-refractivity contribution in [1.82, 2.24) is 4.58 Å². The first-order chi connectivity index (χ1) is 26.9. The van der Waals surface area contributed by atoms with Gasteiger partial charge >= 0.3 is 6.18 Å². The maximum absolute atomic E-state index is 14.5. The highest BCUT2D eigenvalue weighted by Gasteiger charge is 2.36. The first kappa shape index (κ1) is 49.1. The summed E-state index contributed by atoms with van der Waals surface area (Å²) in [6.07, 6.45) is 19.2. The van der Waals surface area contributed by atoms with Gasteiger partial charge in [-0.2, -0.15) is 13.2 Å². The molecule has 2 aliphatic rings. The van der Waals surface area contributed by atoms with Crippen LogP contribution in [-0.4, -0.2) is 27.8 Å². The Morgan fingerprint density at radius 1 is 0.804 bits per heavy atom. The number of nitrogen functional groups attached to an aromatic ring is 1. The lowest BCUT2D eigenvalue weighted by Gasteiger charge is -2.23. The molecule has 2 N–H and O–H groups in total. The number of rotatable bonds is 27. The van der Waals surface area contributed by atoms with Crippen LogP contribution in [0.2, 0.25) is 0 Å². The fraction of sp³-hybridized carbons (Fsp3) is 0.674. The van der Waals surface area contributed by atoms with Crippen molar-refractivity contribution in [3.63, 3.8) is 0 Å². The third kappa shape index (κ3) is 18.1. The second kappa shape index (κ2) is 27.6. The summed E-state index contributed by atoms with van der Waals surface area (Å²) < 4.78 is 71.9. The van der Waals surface area contributed by atoms with Crippen LogP contribution in [0.25, 0.3) is 22.3 Å². The summed E-state index contributed by atoms with van der Waals surface area (Å²) in [7, 11) is 0. The van der Waals surface area contributed by atoms with Crippen LogP contribution in [0.4, 0.5) is 18.9 Å². The summed E-state index contributed by atoms with van der Waals surface area (Å²) in [5, 5.41) is 21.8. The number of unbranched alkanes of at least 4 members (excludes halogenated alkanes) is 17. The van der Waals surface area contributed by atoms with E-state index in [1.807, 2.05) is 12.1 Å². The summed E-state index contributed by atoms with van der Waals surface area (Å²) >= 11 is -2.88. The number of halogens is 3. The van der Waals surface area contributed by atoms with Crippen LogP contribution in [0.5, 0.6) is 0 Å². The number of hydrogen-bond acceptors (Lipinski definition) is 8. The van der Waals surface area contributed by atoms with E-state index in [-0.39, 0.29) is 23.1 Å². The molecule has 2 atom stereocenters. The van der Waals surface area contributed by atoms with Crippen LogP contribution in [0.3, 0.4) is 0 Å². The van der Waals surface area contributed by atoms with E-state index in [4.69, 9.17) is 24.2 Å². The molecule has 3 rings (SSSR count). The predicted molar refractivity (Wildman–Crippen MR) is 213 cm³/mol. The smallest absolute Gasteiger partial charge is 0.417 e. The lowest BCUT2D eigenvalue weighted by Crippen LogP contribution is -2.33. The first-order valence-corrected chi connectivity index (χ1v) is 21.9. The highest BCUT2D eigenvalue weighted by atomic mass is 32.2. The van der Waals surface area contributed by atoms with E-state index < -0.39 is 35.0 Å². The minimum absolute atomic E-state index is 0.00940. The molecule has 56 heavy (non-hydrogen) atoms. The normalized spacial score (nSPS) is 12.8. The lowest BCUT2D eigenvalue weighted by molar-refractivity contribution is -0.635. The van der Waals surface area contributed by atoms with Gasteiger partial charge < -0.3 is 34.2 Å². The average Bonchev–Trinajstić information content (AvgIpc) is 3.16. The summed E-state index contributed by atoms with van der Waals surface area (Å²) in [6, 6.07) is 7.93. The Labute approximate surface area is 334 Å². The molecule has 0 aromatic heterocycles. The molecule has 1 aliphatic carbocycles. The number of carbonyl (C=O) groups excluding carboxylic acids is 1. The number of aliphatic carboxylic acids is 1. The van der Waals surface area contributed by atoms with Gasteiger partial charge in [-0.1, -0.05) is 136 Å². The van der Waals surface area contributed by atoms with Crippen molar-refractivity contribution in [1.29, 1.82) is 0 Å². The molecule has 2 unspecified atom stereocenters. The Morgan fingerprint density at radius 3 is 1.73 bits per heavy atom. The van der Waals surface area contributed by atoms with Gasteiger partial charge in [0.2, 0.25) is 5.36 Å². The molecule has 1 heterocycles. The fourth-order valence-corrected chi connectivity index (χ4v) is 7.32. The van der Waals surface area contributed by atoms with Crippen molar-refractivity contribution in [3.05, 3.63) is 46.8 Å². The summed E-state index contributed by atoms with van der Waals surface area (Å²) in [5.41, 5.74) is 5.81. The Kier molecular flexibility index (Phi) is 24.2. The maximum Gasteiger partial charge on any atom is 0.417 e. The quantitative estimate of drug-likeness (QED) is 0.0152. The van der Waals surface area contributed by atoms with Gasteiger partial charge in [-0.3, -0.25) is 0 Å². The van der Waals surface area contributed by atoms with Gasteiger partial charge in [0, 0.05) is 53.5 Å². The molecule has 0 spiro atoms. The van der Waals surface area contributed by atoms with Crippen molar-refractivity contribution in [2.45, 2.75) is 168 Å². The van der Waals surface area contributed by atoms with E-state index in [0.29, 0.717) is 29.7 Å². The number of nitrogens with two attached hydrogens (primary N) is 1. The highest BCUT2D eigenvalue weighted by Crippen LogP contribution is 2.43. The fourth-order valence-electron chi connectivity index (χ4n) is 7.32. The number of carboxylic acids is 1. The second-order valence-electron chi connectivity index (χ2n) is 15.0. The molecule has 0 fully saturated rings. The number of carbonyl (C=O) groups is 1. The largest absolute Gasteiger partial charge is 0.750 e. The first-order valence-electron chi connectivity index (χ1n) is 20.9. The molecule has 1 aliphatic heterocycles. The lowest BCUT2D eigenvalue weighted by atomic mass is 9.87. The minimum Gasteiger partial charge on any atom is -0.750 e.